The average Bonchev–Trinajstić information content (AvgIpc) is 2.81. The van der Waals surface area contributed by atoms with E-state index in [-0.39, 0.29) is 32.5 Å². The number of alkyl halides is 2. The number of nitrogens with two attached hydrogens (primary N) is 1. The van der Waals surface area contributed by atoms with E-state index in [1.165, 1.54) is 18.2 Å². The van der Waals surface area contributed by atoms with Crippen molar-refractivity contribution in [2.45, 2.75) is 5.66 Å². The summed E-state index contributed by atoms with van der Waals surface area (Å²) in [4.78, 5) is 28.4. The fourth-order valence-electron chi connectivity index (χ4n) is 1.86. The van der Waals surface area contributed by atoms with Gasteiger partial charge in [-0.3, -0.25) is 9.36 Å². The van der Waals surface area contributed by atoms with E-state index < -0.39 is 24.0 Å². The van der Waals surface area contributed by atoms with Crippen molar-refractivity contribution in [1.82, 2.24) is 0 Å². The molecule has 2 rings (SSSR count). The van der Waals surface area contributed by atoms with Gasteiger partial charge in [0.25, 0.3) is 0 Å². The van der Waals surface area contributed by atoms with E-state index in [1.54, 1.807) is 0 Å². The maximum atomic E-state index is 14.1. The Hall–Kier alpha value is -1.32. The third-order valence-corrected chi connectivity index (χ3v) is 6.46. The van der Waals surface area contributed by atoms with Crippen LogP contribution in [0.15, 0.2) is 29.3 Å². The normalized spacial score (nSPS) is 12.4. The first-order valence-corrected chi connectivity index (χ1v) is 9.46. The summed E-state index contributed by atoms with van der Waals surface area (Å²) in [5, 5.41) is 0.137. The zero-order valence-corrected chi connectivity index (χ0v) is 15.1. The second kappa shape index (κ2) is 6.53. The van der Waals surface area contributed by atoms with Gasteiger partial charge in [-0.05, 0) is 28.1 Å². The molecule has 0 bridgehead atoms. The third kappa shape index (κ3) is 3.25. The van der Waals surface area contributed by atoms with E-state index in [0.717, 1.165) is 0 Å². The summed E-state index contributed by atoms with van der Waals surface area (Å²) in [7, 11) is -5.74. The van der Waals surface area contributed by atoms with Crippen molar-refractivity contribution in [2.75, 3.05) is 6.61 Å². The lowest BCUT2D eigenvalue weighted by atomic mass is 10.1. The molecule has 0 saturated heterocycles. The van der Waals surface area contributed by atoms with E-state index in [0.29, 0.717) is 11.3 Å². The molecule has 0 unspecified atom stereocenters. The number of halogens is 3. The Morgan fingerprint density at radius 3 is 2.62 bits per heavy atom. The highest BCUT2D eigenvalue weighted by atomic mass is 79.9. The van der Waals surface area contributed by atoms with Crippen molar-refractivity contribution in [3.8, 4) is 5.75 Å². The molecule has 2 aromatic rings. The molecule has 130 valence electrons. The largest absolute Gasteiger partial charge is 0.488 e. The molecule has 0 atom stereocenters. The quantitative estimate of drug-likeness (QED) is 0.468. The van der Waals surface area contributed by atoms with Gasteiger partial charge in [0.1, 0.15) is 17.2 Å². The van der Waals surface area contributed by atoms with Crippen LogP contribution in [0.2, 0.25) is 0 Å². The van der Waals surface area contributed by atoms with Crippen molar-refractivity contribution in [3.05, 3.63) is 39.7 Å². The van der Waals surface area contributed by atoms with Gasteiger partial charge in [-0.15, -0.1) is 11.3 Å². The summed E-state index contributed by atoms with van der Waals surface area (Å²) < 4.78 is 44.6. The van der Waals surface area contributed by atoms with Crippen LogP contribution in [0.5, 0.6) is 5.75 Å². The molecule has 0 aliphatic heterocycles. The highest BCUT2D eigenvalue weighted by Gasteiger charge is 2.53. The molecular formula is C13H11BrF2NO5PS. The average molecular weight is 442 g/mol. The number of amides is 1. The summed E-state index contributed by atoms with van der Waals surface area (Å²) in [6.07, 6.45) is 1.41. The number of hydrogen-bond acceptors (Lipinski definition) is 4. The smallest absolute Gasteiger partial charge is 0.400 e. The topological polar surface area (TPSA) is 110 Å². The van der Waals surface area contributed by atoms with Gasteiger partial charge in [0.2, 0.25) is 5.91 Å². The molecule has 0 spiro atoms. The molecule has 0 aliphatic carbocycles. The lowest BCUT2D eigenvalue weighted by molar-refractivity contribution is 0.0595. The number of fused-ring (bicyclic) bond motifs is 1. The standard InChI is InChI=1S/C13H11BrF2NO5PS/c1-2-3-22-8-5-6(12(17)18)4-7-9(14)11(24-10(7)8)13(15,16)23(19,20)21/h2,4-5H,1,3H2,(H2,17,18)(H2,19,20,21). The maximum absolute atomic E-state index is 14.1. The zero-order valence-electron chi connectivity index (χ0n) is 11.8. The summed E-state index contributed by atoms with van der Waals surface area (Å²) >= 11 is 3.38. The Morgan fingerprint density at radius 1 is 1.50 bits per heavy atom. The Balaban J connectivity index is 2.79. The van der Waals surface area contributed by atoms with Crippen molar-refractivity contribution in [2.24, 2.45) is 5.73 Å². The Morgan fingerprint density at radius 2 is 2.12 bits per heavy atom. The number of hydrogen-bond donors (Lipinski definition) is 3. The van der Waals surface area contributed by atoms with Crippen LogP contribution in [0.25, 0.3) is 10.1 Å². The second-order valence-electron chi connectivity index (χ2n) is 4.65. The maximum Gasteiger partial charge on any atom is 0.400 e. The van der Waals surface area contributed by atoms with Crippen LogP contribution >= 0.6 is 34.9 Å². The van der Waals surface area contributed by atoms with Crippen LogP contribution in [0.4, 0.5) is 8.78 Å². The van der Waals surface area contributed by atoms with Crippen LogP contribution in [0, 0.1) is 0 Å². The molecular weight excluding hydrogens is 431 g/mol. The minimum absolute atomic E-state index is 0.00566. The predicted molar refractivity (Wildman–Crippen MR) is 89.7 cm³/mol. The van der Waals surface area contributed by atoms with Crippen LogP contribution in [-0.2, 0) is 10.2 Å². The lowest BCUT2D eigenvalue weighted by Gasteiger charge is -2.16. The molecule has 6 nitrogen and oxygen atoms in total. The van der Waals surface area contributed by atoms with Crippen LogP contribution in [-0.4, -0.2) is 22.3 Å². The predicted octanol–water partition coefficient (Wildman–Crippen LogP) is 3.55. The third-order valence-electron chi connectivity index (χ3n) is 2.98. The fourth-order valence-corrected chi connectivity index (χ4v) is 4.84. The zero-order chi connectivity index (χ0) is 18.3. The minimum Gasteiger partial charge on any atom is -0.488 e. The molecule has 0 aliphatic rings. The van der Waals surface area contributed by atoms with Gasteiger partial charge >= 0.3 is 13.3 Å². The van der Waals surface area contributed by atoms with E-state index in [9.17, 15) is 18.1 Å². The summed E-state index contributed by atoms with van der Waals surface area (Å²) in [5.74, 6) is -0.721. The van der Waals surface area contributed by atoms with Crippen molar-refractivity contribution in [1.29, 1.82) is 0 Å². The van der Waals surface area contributed by atoms with E-state index in [4.69, 9.17) is 20.3 Å². The fraction of sp³-hybridized carbons (Fsp3) is 0.154. The molecule has 1 heterocycles. The molecule has 0 fully saturated rings. The number of ether oxygens (including phenoxy) is 1. The van der Waals surface area contributed by atoms with Gasteiger partial charge in [-0.2, -0.15) is 8.78 Å². The van der Waals surface area contributed by atoms with Crippen molar-refractivity contribution in [3.63, 3.8) is 0 Å². The summed E-state index contributed by atoms with van der Waals surface area (Å²) in [6.45, 7) is 3.50. The van der Waals surface area contributed by atoms with Gasteiger partial charge in [0.05, 0.1) is 4.70 Å². The Bertz CT molecular complexity index is 879. The summed E-state index contributed by atoms with van der Waals surface area (Å²) in [5.41, 5.74) is 0.830. The molecule has 1 aromatic carbocycles. The second-order valence-corrected chi connectivity index (χ2v) is 8.11. The highest BCUT2D eigenvalue weighted by molar-refractivity contribution is 9.10. The monoisotopic (exact) mass is 441 g/mol. The van der Waals surface area contributed by atoms with Gasteiger partial charge in [-0.25, -0.2) is 0 Å². The Labute approximate surface area is 147 Å². The van der Waals surface area contributed by atoms with Gasteiger partial charge in [0.15, 0.2) is 0 Å². The van der Waals surface area contributed by atoms with Gasteiger partial charge in [0, 0.05) is 15.4 Å². The number of primary amides is 1. The molecule has 1 aromatic heterocycles. The van der Waals surface area contributed by atoms with E-state index in [2.05, 4.69) is 22.5 Å². The van der Waals surface area contributed by atoms with Gasteiger partial charge in [-0.1, -0.05) is 12.7 Å². The first-order valence-electron chi connectivity index (χ1n) is 6.24. The van der Waals surface area contributed by atoms with Crippen LogP contribution < -0.4 is 10.5 Å². The number of carbonyl (C=O) groups is 1. The van der Waals surface area contributed by atoms with E-state index in [1.807, 2.05) is 0 Å². The molecule has 24 heavy (non-hydrogen) atoms. The molecule has 0 radical (unpaired) electrons. The van der Waals surface area contributed by atoms with Crippen LogP contribution in [0.3, 0.4) is 0 Å². The van der Waals surface area contributed by atoms with Crippen molar-refractivity contribution >= 4 is 50.9 Å². The SMILES string of the molecule is C=CCOc1cc(C(N)=O)cc2c(Br)c(C(F)(F)P(=O)(O)O)sc12. The highest BCUT2D eigenvalue weighted by Crippen LogP contribution is 2.63. The molecule has 0 saturated carbocycles. The van der Waals surface area contributed by atoms with Gasteiger partial charge < -0.3 is 20.3 Å². The van der Waals surface area contributed by atoms with E-state index >= 15 is 0 Å². The molecule has 4 N–H and O–H groups in total. The molecule has 11 heteroatoms. The number of thiophene rings is 1. The number of rotatable bonds is 6. The molecule has 1 amide bonds. The summed E-state index contributed by atoms with van der Waals surface area (Å²) in [6, 6.07) is 2.52. The van der Waals surface area contributed by atoms with Crippen LogP contribution in [0.1, 0.15) is 15.2 Å². The minimum atomic E-state index is -5.74. The Kier molecular flexibility index (Phi) is 5.17. The first kappa shape index (κ1) is 19.0. The number of carbonyl (C=O) groups excluding carboxylic acids is 1. The number of benzene rings is 1. The first-order chi connectivity index (χ1) is 11.0. The van der Waals surface area contributed by atoms with Crippen molar-refractivity contribution < 1.29 is 32.7 Å². The lowest BCUT2D eigenvalue weighted by Crippen LogP contribution is -2.12.